The molecule has 1 fully saturated rings. The molecule has 1 aliphatic carbocycles. The summed E-state index contributed by atoms with van der Waals surface area (Å²) >= 11 is 3.12. The predicted octanol–water partition coefficient (Wildman–Crippen LogP) is 2.40. The highest BCUT2D eigenvalue weighted by molar-refractivity contribution is 9.11. The first-order chi connectivity index (χ1) is 5.25. The zero-order valence-electron chi connectivity index (χ0n) is 6.16. The molecule has 0 bridgehead atoms. The fourth-order valence-electron chi connectivity index (χ4n) is 1.19. The van der Waals surface area contributed by atoms with Gasteiger partial charge in [-0.3, -0.25) is 4.79 Å². The third kappa shape index (κ3) is 2.66. The van der Waals surface area contributed by atoms with Gasteiger partial charge in [-0.15, -0.1) is 0 Å². The van der Waals surface area contributed by atoms with Gasteiger partial charge in [0.05, 0.1) is 5.92 Å². The second-order valence-corrected chi connectivity index (χ2v) is 3.41. The van der Waals surface area contributed by atoms with Crippen molar-refractivity contribution in [2.24, 2.45) is 11.8 Å². The highest BCUT2D eigenvalue weighted by Crippen LogP contribution is 2.38. The number of carboxylic acid groups (broad SMARTS) is 1. The molecule has 3 heteroatoms. The minimum atomic E-state index is -0.655. The van der Waals surface area contributed by atoms with Crippen LogP contribution in [-0.4, -0.2) is 11.1 Å². The molecule has 1 unspecified atom stereocenters. The quantitative estimate of drug-likeness (QED) is 0.788. The number of allylic oxidation sites excluding steroid dienone is 1. The lowest BCUT2D eigenvalue weighted by Gasteiger charge is -2.06. The highest BCUT2D eigenvalue weighted by atomic mass is 79.9. The van der Waals surface area contributed by atoms with E-state index < -0.39 is 5.97 Å². The molecule has 2 nitrogen and oxygen atoms in total. The van der Waals surface area contributed by atoms with Crippen LogP contribution in [0.2, 0.25) is 0 Å². The molecule has 0 aliphatic heterocycles. The van der Waals surface area contributed by atoms with Crippen LogP contribution in [0.5, 0.6) is 0 Å². The van der Waals surface area contributed by atoms with Crippen LogP contribution >= 0.6 is 15.9 Å². The Morgan fingerprint density at radius 2 is 2.36 bits per heavy atom. The molecule has 0 aromatic carbocycles. The Bertz CT molecular complexity index is 173. The van der Waals surface area contributed by atoms with Crippen molar-refractivity contribution in [2.45, 2.75) is 19.3 Å². The molecule has 0 aromatic heterocycles. The van der Waals surface area contributed by atoms with E-state index in [-0.39, 0.29) is 5.92 Å². The first kappa shape index (κ1) is 8.78. The normalized spacial score (nSPS) is 20.5. The van der Waals surface area contributed by atoms with Gasteiger partial charge in [-0.2, -0.15) is 0 Å². The fourth-order valence-corrected chi connectivity index (χ4v) is 1.41. The molecule has 1 atom stereocenters. The van der Waals surface area contributed by atoms with Gasteiger partial charge in [-0.05, 0) is 30.2 Å². The van der Waals surface area contributed by atoms with Crippen LogP contribution in [0, 0.1) is 11.8 Å². The van der Waals surface area contributed by atoms with Crippen molar-refractivity contribution in [1.29, 1.82) is 0 Å². The van der Waals surface area contributed by atoms with E-state index in [1.807, 2.05) is 6.08 Å². The van der Waals surface area contributed by atoms with Crippen LogP contribution in [0.4, 0.5) is 0 Å². The van der Waals surface area contributed by atoms with Gasteiger partial charge in [-0.1, -0.05) is 22.0 Å². The number of rotatable bonds is 4. The third-order valence-corrected chi connectivity index (χ3v) is 2.36. The van der Waals surface area contributed by atoms with Crippen molar-refractivity contribution in [3.05, 3.63) is 11.1 Å². The van der Waals surface area contributed by atoms with Crippen molar-refractivity contribution in [2.75, 3.05) is 0 Å². The summed E-state index contributed by atoms with van der Waals surface area (Å²) in [6.07, 6.45) is 4.70. The van der Waals surface area contributed by atoms with Crippen molar-refractivity contribution < 1.29 is 9.90 Å². The van der Waals surface area contributed by atoms with Crippen LogP contribution < -0.4 is 0 Å². The van der Waals surface area contributed by atoms with Crippen LogP contribution in [0.3, 0.4) is 0 Å². The summed E-state index contributed by atoms with van der Waals surface area (Å²) in [7, 11) is 0. The molecule has 0 heterocycles. The molecule has 0 amide bonds. The Balaban J connectivity index is 2.38. The molecule has 0 spiro atoms. The van der Waals surface area contributed by atoms with Crippen LogP contribution in [0.15, 0.2) is 11.1 Å². The second-order valence-electron chi connectivity index (χ2n) is 2.88. The molecule has 1 rings (SSSR count). The summed E-state index contributed by atoms with van der Waals surface area (Å²) in [6, 6.07) is 0. The van der Waals surface area contributed by atoms with Gasteiger partial charge in [-0.25, -0.2) is 0 Å². The van der Waals surface area contributed by atoms with Crippen molar-refractivity contribution >= 4 is 21.9 Å². The summed E-state index contributed by atoms with van der Waals surface area (Å²) < 4.78 is 0. The first-order valence-electron chi connectivity index (χ1n) is 3.73. The van der Waals surface area contributed by atoms with Crippen LogP contribution in [0.1, 0.15) is 19.3 Å². The van der Waals surface area contributed by atoms with Gasteiger partial charge < -0.3 is 5.11 Å². The van der Waals surface area contributed by atoms with Crippen LogP contribution in [0.25, 0.3) is 0 Å². The molecular formula is C8H11BrO2. The zero-order chi connectivity index (χ0) is 8.27. The van der Waals surface area contributed by atoms with Gasteiger partial charge in [0.1, 0.15) is 0 Å². The summed E-state index contributed by atoms with van der Waals surface area (Å²) in [4.78, 5) is 12.4. The fraction of sp³-hybridized carbons (Fsp3) is 0.625. The minimum absolute atomic E-state index is 0.149. The lowest BCUT2D eigenvalue weighted by molar-refractivity contribution is -0.142. The van der Waals surface area contributed by atoms with Gasteiger partial charge in [0.15, 0.2) is 0 Å². The van der Waals surface area contributed by atoms with E-state index in [9.17, 15) is 4.79 Å². The van der Waals surface area contributed by atoms with E-state index >= 15 is 0 Å². The Morgan fingerprint density at radius 1 is 1.73 bits per heavy atom. The molecule has 1 saturated carbocycles. The number of carboxylic acids is 1. The third-order valence-electron chi connectivity index (χ3n) is 1.99. The Hall–Kier alpha value is -0.310. The topological polar surface area (TPSA) is 37.3 Å². The Kier molecular flexibility index (Phi) is 3.12. The highest BCUT2D eigenvalue weighted by Gasteiger charge is 2.34. The minimum Gasteiger partial charge on any atom is -0.481 e. The van der Waals surface area contributed by atoms with Gasteiger partial charge >= 0.3 is 5.97 Å². The van der Waals surface area contributed by atoms with E-state index in [1.54, 1.807) is 4.99 Å². The van der Waals surface area contributed by atoms with Crippen molar-refractivity contribution in [1.82, 2.24) is 0 Å². The van der Waals surface area contributed by atoms with E-state index in [1.165, 1.54) is 0 Å². The molecule has 0 radical (unpaired) electrons. The van der Waals surface area contributed by atoms with E-state index in [0.717, 1.165) is 12.8 Å². The summed E-state index contributed by atoms with van der Waals surface area (Å²) in [5.74, 6) is -0.363. The lowest BCUT2D eigenvalue weighted by atomic mass is 10.0. The molecule has 11 heavy (non-hydrogen) atoms. The zero-order valence-corrected chi connectivity index (χ0v) is 7.75. The number of carbonyl (C=O) groups is 1. The Labute approximate surface area is 74.4 Å². The number of hydrogen-bond donors (Lipinski definition) is 1. The van der Waals surface area contributed by atoms with Gasteiger partial charge in [0.2, 0.25) is 0 Å². The second kappa shape index (κ2) is 3.90. The van der Waals surface area contributed by atoms with E-state index in [2.05, 4.69) is 15.9 Å². The summed E-state index contributed by atoms with van der Waals surface area (Å²) in [5, 5.41) is 8.76. The number of hydrogen-bond acceptors (Lipinski definition) is 1. The van der Waals surface area contributed by atoms with Gasteiger partial charge in [0.25, 0.3) is 0 Å². The standard InChI is InChI=1S/C8H11BrO2/c9-5-1-2-7(8(10)11)6-3-4-6/h1,5-7H,2-4H2,(H,10,11). The van der Waals surface area contributed by atoms with E-state index in [0.29, 0.717) is 12.3 Å². The van der Waals surface area contributed by atoms with Crippen molar-refractivity contribution in [3.8, 4) is 0 Å². The van der Waals surface area contributed by atoms with Crippen molar-refractivity contribution in [3.63, 3.8) is 0 Å². The summed E-state index contributed by atoms with van der Waals surface area (Å²) in [5.41, 5.74) is 0. The maximum Gasteiger partial charge on any atom is 0.307 e. The molecular weight excluding hydrogens is 208 g/mol. The van der Waals surface area contributed by atoms with E-state index in [4.69, 9.17) is 5.11 Å². The largest absolute Gasteiger partial charge is 0.481 e. The molecule has 1 aliphatic rings. The summed E-state index contributed by atoms with van der Waals surface area (Å²) in [6.45, 7) is 0. The number of aliphatic carboxylic acids is 1. The maximum atomic E-state index is 10.6. The smallest absolute Gasteiger partial charge is 0.307 e. The SMILES string of the molecule is O=C(O)C(CC=CBr)C1CC1. The average Bonchev–Trinajstić information content (AvgIpc) is 2.71. The predicted molar refractivity (Wildman–Crippen MR) is 46.5 cm³/mol. The van der Waals surface area contributed by atoms with Gasteiger partial charge in [0, 0.05) is 0 Å². The molecule has 62 valence electrons. The average molecular weight is 219 g/mol. The molecule has 1 N–H and O–H groups in total. The van der Waals surface area contributed by atoms with Crippen LogP contribution in [-0.2, 0) is 4.79 Å². The molecule has 0 saturated heterocycles. The maximum absolute atomic E-state index is 10.6. The monoisotopic (exact) mass is 218 g/mol. The molecule has 0 aromatic rings. The number of halogens is 1. The lowest BCUT2D eigenvalue weighted by Crippen LogP contribution is -2.14. The Morgan fingerprint density at radius 3 is 2.73 bits per heavy atom. The first-order valence-corrected chi connectivity index (χ1v) is 4.65.